The lowest BCUT2D eigenvalue weighted by Gasteiger charge is -2.20. The van der Waals surface area contributed by atoms with Crippen LogP contribution >= 0.6 is 0 Å². The van der Waals surface area contributed by atoms with Crippen LogP contribution in [0.15, 0.2) is 11.5 Å². The molecule has 1 fully saturated rings. The summed E-state index contributed by atoms with van der Waals surface area (Å²) in [5.41, 5.74) is 0. The molecule has 1 saturated heterocycles. The number of ketones is 1. The van der Waals surface area contributed by atoms with Crippen molar-refractivity contribution in [1.29, 1.82) is 0 Å². The first-order chi connectivity index (χ1) is 6.41. The molecule has 1 heterocycles. The molecule has 0 radical (unpaired) electrons. The number of Topliss-reactive ketones (excluding diaryl/α,β-unsaturated/α-hetero) is 1. The Hall–Kier alpha value is -1.07. The Morgan fingerprint density at radius 2 is 2.00 bits per heavy atom. The Bertz CT molecular complexity index is 317. The predicted octanol–water partition coefficient (Wildman–Crippen LogP) is 0.807. The monoisotopic (exact) mass is 200 g/mol. The van der Waals surface area contributed by atoms with Crippen molar-refractivity contribution < 1.29 is 24.5 Å². The third kappa shape index (κ3) is 1.29. The van der Waals surface area contributed by atoms with Crippen molar-refractivity contribution in [3.8, 4) is 0 Å². The lowest BCUT2D eigenvalue weighted by Crippen LogP contribution is -2.34. The summed E-state index contributed by atoms with van der Waals surface area (Å²) in [5.74, 6) is -2.36. The molecule has 2 atom stereocenters. The Morgan fingerprint density at radius 1 is 1.36 bits per heavy atom. The maximum absolute atomic E-state index is 11.2. The summed E-state index contributed by atoms with van der Waals surface area (Å²) in [5, 5.41) is 18.7. The van der Waals surface area contributed by atoms with Crippen molar-refractivity contribution in [1.82, 2.24) is 0 Å². The number of rotatable bonds is 0. The minimum atomic E-state index is -0.825. The minimum absolute atomic E-state index is 0.0456. The summed E-state index contributed by atoms with van der Waals surface area (Å²) in [6.07, 6.45) is -1.17. The van der Waals surface area contributed by atoms with Gasteiger partial charge < -0.3 is 19.7 Å². The van der Waals surface area contributed by atoms with Gasteiger partial charge in [-0.2, -0.15) is 0 Å². The molecule has 0 spiro atoms. The SMILES string of the molecule is CC1(C)OC2CC(=O)C(O)=C(O)C2O1. The molecule has 0 aromatic rings. The van der Waals surface area contributed by atoms with Gasteiger partial charge in [-0.25, -0.2) is 0 Å². The molecule has 1 aliphatic heterocycles. The van der Waals surface area contributed by atoms with Crippen molar-refractivity contribution in [2.45, 2.75) is 38.3 Å². The molecule has 2 rings (SSSR count). The maximum atomic E-state index is 11.2. The van der Waals surface area contributed by atoms with E-state index in [1.165, 1.54) is 0 Å². The minimum Gasteiger partial charge on any atom is -0.506 e. The fourth-order valence-corrected chi connectivity index (χ4v) is 1.77. The van der Waals surface area contributed by atoms with Crippen molar-refractivity contribution in [3.05, 3.63) is 11.5 Å². The zero-order chi connectivity index (χ0) is 10.5. The Balaban J connectivity index is 2.32. The van der Waals surface area contributed by atoms with E-state index in [1.807, 2.05) is 0 Å². The summed E-state index contributed by atoms with van der Waals surface area (Å²) in [4.78, 5) is 11.2. The van der Waals surface area contributed by atoms with E-state index < -0.39 is 35.3 Å². The van der Waals surface area contributed by atoms with Crippen LogP contribution in [0.2, 0.25) is 0 Å². The van der Waals surface area contributed by atoms with E-state index in [0.29, 0.717) is 0 Å². The second kappa shape index (κ2) is 2.71. The van der Waals surface area contributed by atoms with Crippen molar-refractivity contribution >= 4 is 5.78 Å². The molecule has 1 aliphatic carbocycles. The van der Waals surface area contributed by atoms with Crippen molar-refractivity contribution in [2.24, 2.45) is 0 Å². The van der Waals surface area contributed by atoms with Crippen LogP contribution in [0, 0.1) is 0 Å². The summed E-state index contributed by atoms with van der Waals surface area (Å²) in [6.45, 7) is 3.39. The van der Waals surface area contributed by atoms with Gasteiger partial charge in [0, 0.05) is 6.42 Å². The first-order valence-corrected chi connectivity index (χ1v) is 4.41. The standard InChI is InChI=1S/C9H12O5/c1-9(2)13-5-3-4(10)6(11)7(12)8(5)14-9/h5,8,11-12H,3H2,1-2H3. The molecule has 0 amide bonds. The molecule has 2 unspecified atom stereocenters. The van der Waals surface area contributed by atoms with Crippen LogP contribution in [0.4, 0.5) is 0 Å². The summed E-state index contributed by atoms with van der Waals surface area (Å²) >= 11 is 0. The van der Waals surface area contributed by atoms with E-state index >= 15 is 0 Å². The maximum Gasteiger partial charge on any atom is 0.203 e. The predicted molar refractivity (Wildman–Crippen MR) is 45.7 cm³/mol. The average molecular weight is 200 g/mol. The number of fused-ring (bicyclic) bond motifs is 1. The van der Waals surface area contributed by atoms with E-state index in [2.05, 4.69) is 0 Å². The van der Waals surface area contributed by atoms with Gasteiger partial charge in [0.25, 0.3) is 0 Å². The molecule has 0 aromatic heterocycles. The van der Waals surface area contributed by atoms with Crippen LogP contribution in [-0.2, 0) is 14.3 Å². The van der Waals surface area contributed by atoms with Crippen LogP contribution in [-0.4, -0.2) is 34.0 Å². The molecular formula is C9H12O5. The van der Waals surface area contributed by atoms with E-state index in [1.54, 1.807) is 13.8 Å². The van der Waals surface area contributed by atoms with E-state index in [-0.39, 0.29) is 6.42 Å². The highest BCUT2D eigenvalue weighted by atomic mass is 16.8. The van der Waals surface area contributed by atoms with E-state index in [0.717, 1.165) is 0 Å². The molecule has 2 aliphatic rings. The molecule has 0 bridgehead atoms. The zero-order valence-corrected chi connectivity index (χ0v) is 7.98. The zero-order valence-electron chi connectivity index (χ0n) is 7.98. The van der Waals surface area contributed by atoms with Gasteiger partial charge in [-0.3, -0.25) is 4.79 Å². The number of hydrogen-bond donors (Lipinski definition) is 2. The highest BCUT2D eigenvalue weighted by molar-refractivity contribution is 5.95. The van der Waals surface area contributed by atoms with Crippen LogP contribution in [0.25, 0.3) is 0 Å². The number of aliphatic hydroxyl groups excluding tert-OH is 2. The van der Waals surface area contributed by atoms with Gasteiger partial charge in [-0.1, -0.05) is 0 Å². The molecule has 14 heavy (non-hydrogen) atoms. The van der Waals surface area contributed by atoms with Gasteiger partial charge in [-0.15, -0.1) is 0 Å². The van der Waals surface area contributed by atoms with Crippen molar-refractivity contribution in [2.75, 3.05) is 0 Å². The Kier molecular flexibility index (Phi) is 1.84. The normalized spacial score (nSPS) is 36.0. The highest BCUT2D eigenvalue weighted by Gasteiger charge is 2.48. The van der Waals surface area contributed by atoms with Crippen LogP contribution < -0.4 is 0 Å². The van der Waals surface area contributed by atoms with Crippen LogP contribution in [0.3, 0.4) is 0 Å². The topological polar surface area (TPSA) is 76.0 Å². The van der Waals surface area contributed by atoms with Gasteiger partial charge in [0.15, 0.2) is 17.3 Å². The molecule has 2 N–H and O–H groups in total. The number of carbonyl (C=O) groups is 1. The largest absolute Gasteiger partial charge is 0.506 e. The van der Waals surface area contributed by atoms with E-state index in [4.69, 9.17) is 9.47 Å². The number of aliphatic hydroxyl groups is 2. The third-order valence-corrected chi connectivity index (χ3v) is 2.35. The average Bonchev–Trinajstić information content (AvgIpc) is 2.37. The summed E-state index contributed by atoms with van der Waals surface area (Å²) in [7, 11) is 0. The van der Waals surface area contributed by atoms with Crippen molar-refractivity contribution in [3.63, 3.8) is 0 Å². The lowest BCUT2D eigenvalue weighted by atomic mass is 9.97. The van der Waals surface area contributed by atoms with E-state index in [9.17, 15) is 15.0 Å². The first kappa shape index (κ1) is 9.48. The number of ether oxygens (including phenoxy) is 2. The molecule has 0 aromatic carbocycles. The van der Waals surface area contributed by atoms with Gasteiger partial charge in [0.05, 0.1) is 0 Å². The van der Waals surface area contributed by atoms with Crippen LogP contribution in [0.5, 0.6) is 0 Å². The number of carbonyl (C=O) groups excluding carboxylic acids is 1. The third-order valence-electron chi connectivity index (χ3n) is 2.35. The molecule has 5 nitrogen and oxygen atoms in total. The van der Waals surface area contributed by atoms with Gasteiger partial charge in [0.2, 0.25) is 5.78 Å². The summed E-state index contributed by atoms with van der Waals surface area (Å²) in [6, 6.07) is 0. The lowest BCUT2D eigenvalue weighted by molar-refractivity contribution is -0.146. The first-order valence-electron chi connectivity index (χ1n) is 4.41. The van der Waals surface area contributed by atoms with Gasteiger partial charge >= 0.3 is 0 Å². The number of allylic oxidation sites excluding steroid dienone is 1. The fourth-order valence-electron chi connectivity index (χ4n) is 1.77. The Morgan fingerprint density at radius 3 is 2.64 bits per heavy atom. The Labute approximate surface area is 80.9 Å². The smallest absolute Gasteiger partial charge is 0.203 e. The van der Waals surface area contributed by atoms with Crippen LogP contribution in [0.1, 0.15) is 20.3 Å². The highest BCUT2D eigenvalue weighted by Crippen LogP contribution is 2.36. The second-order valence-electron chi connectivity index (χ2n) is 3.96. The van der Waals surface area contributed by atoms with Gasteiger partial charge in [-0.05, 0) is 13.8 Å². The second-order valence-corrected chi connectivity index (χ2v) is 3.96. The summed E-state index contributed by atoms with van der Waals surface area (Å²) < 4.78 is 10.7. The molecule has 0 saturated carbocycles. The fraction of sp³-hybridized carbons (Fsp3) is 0.667. The quantitative estimate of drug-likeness (QED) is 0.605. The molecule has 78 valence electrons. The molecular weight excluding hydrogens is 188 g/mol. The molecule has 5 heteroatoms. The number of hydrogen-bond acceptors (Lipinski definition) is 5. The van der Waals surface area contributed by atoms with Gasteiger partial charge in [0.1, 0.15) is 12.2 Å².